The normalized spacial score (nSPS) is 11.9. The molecule has 1 atom stereocenters. The van der Waals surface area contributed by atoms with Crippen LogP contribution in [0, 0.1) is 0 Å². The summed E-state index contributed by atoms with van der Waals surface area (Å²) in [5, 5.41) is 15.0. The molecular formula is C16H22ClNO2. The van der Waals surface area contributed by atoms with Crippen molar-refractivity contribution in [1.82, 2.24) is 5.32 Å². The van der Waals surface area contributed by atoms with Gasteiger partial charge in [0.05, 0.1) is 12.7 Å². The third kappa shape index (κ3) is 4.10. The average Bonchev–Trinajstić information content (AvgIpc) is 2.40. The molecule has 2 aromatic carbocycles. The van der Waals surface area contributed by atoms with Crippen molar-refractivity contribution in [2.45, 2.75) is 26.5 Å². The van der Waals surface area contributed by atoms with E-state index in [9.17, 15) is 5.11 Å². The number of rotatable bonds is 6. The molecule has 0 amide bonds. The van der Waals surface area contributed by atoms with E-state index in [0.29, 0.717) is 19.7 Å². The van der Waals surface area contributed by atoms with E-state index in [0.717, 1.165) is 11.3 Å². The fraction of sp³-hybridized carbons (Fsp3) is 0.375. The average molecular weight is 296 g/mol. The van der Waals surface area contributed by atoms with Crippen molar-refractivity contribution in [3.8, 4) is 5.75 Å². The Balaban J connectivity index is 0.00000200. The van der Waals surface area contributed by atoms with Gasteiger partial charge in [-0.1, -0.05) is 30.3 Å². The SMILES string of the molecule is CCOc1ccc2ccccc2c1CNCC(C)O.Cl. The molecule has 0 fully saturated rings. The Bertz CT molecular complexity index is 543. The van der Waals surface area contributed by atoms with Crippen molar-refractivity contribution in [2.75, 3.05) is 13.2 Å². The maximum Gasteiger partial charge on any atom is 0.124 e. The second kappa shape index (κ2) is 8.10. The molecule has 0 saturated carbocycles. The van der Waals surface area contributed by atoms with Crippen molar-refractivity contribution in [1.29, 1.82) is 0 Å². The van der Waals surface area contributed by atoms with Crippen molar-refractivity contribution in [2.24, 2.45) is 0 Å². The molecule has 0 aliphatic carbocycles. The second-order valence-corrected chi connectivity index (χ2v) is 4.68. The smallest absolute Gasteiger partial charge is 0.124 e. The first-order valence-electron chi connectivity index (χ1n) is 6.74. The van der Waals surface area contributed by atoms with Gasteiger partial charge in [-0.25, -0.2) is 0 Å². The van der Waals surface area contributed by atoms with Crippen molar-refractivity contribution in [3.05, 3.63) is 42.0 Å². The Hall–Kier alpha value is -1.29. The molecule has 2 rings (SSSR count). The van der Waals surface area contributed by atoms with Crippen LogP contribution in [0.25, 0.3) is 10.8 Å². The first-order chi connectivity index (χ1) is 9.22. The lowest BCUT2D eigenvalue weighted by Gasteiger charge is -2.14. The summed E-state index contributed by atoms with van der Waals surface area (Å²) in [5.41, 5.74) is 1.15. The van der Waals surface area contributed by atoms with Crippen LogP contribution >= 0.6 is 12.4 Å². The number of aliphatic hydroxyl groups excluding tert-OH is 1. The molecular weight excluding hydrogens is 274 g/mol. The summed E-state index contributed by atoms with van der Waals surface area (Å²) in [6.45, 7) is 5.69. The molecule has 4 heteroatoms. The number of fused-ring (bicyclic) bond motifs is 1. The lowest BCUT2D eigenvalue weighted by Crippen LogP contribution is -2.24. The van der Waals surface area contributed by atoms with E-state index in [2.05, 4.69) is 23.5 Å². The summed E-state index contributed by atoms with van der Waals surface area (Å²) in [6, 6.07) is 12.4. The zero-order chi connectivity index (χ0) is 13.7. The quantitative estimate of drug-likeness (QED) is 0.860. The molecule has 0 bridgehead atoms. The predicted octanol–water partition coefficient (Wildman–Crippen LogP) is 3.13. The molecule has 20 heavy (non-hydrogen) atoms. The fourth-order valence-corrected chi connectivity index (χ4v) is 2.20. The summed E-state index contributed by atoms with van der Waals surface area (Å²) in [6.07, 6.45) is -0.342. The largest absolute Gasteiger partial charge is 0.494 e. The van der Waals surface area contributed by atoms with Gasteiger partial charge in [0.1, 0.15) is 5.75 Å². The number of halogens is 1. The highest BCUT2D eigenvalue weighted by Gasteiger charge is 2.08. The number of ether oxygens (including phenoxy) is 1. The van der Waals surface area contributed by atoms with Crippen LogP contribution in [0.3, 0.4) is 0 Å². The Morgan fingerprint density at radius 2 is 1.95 bits per heavy atom. The zero-order valence-electron chi connectivity index (χ0n) is 11.9. The maximum absolute atomic E-state index is 9.32. The van der Waals surface area contributed by atoms with Gasteiger partial charge in [0.25, 0.3) is 0 Å². The Labute approximate surface area is 126 Å². The summed E-state index contributed by atoms with van der Waals surface area (Å²) >= 11 is 0. The van der Waals surface area contributed by atoms with Gasteiger partial charge in [-0.05, 0) is 30.7 Å². The first-order valence-corrected chi connectivity index (χ1v) is 6.74. The predicted molar refractivity (Wildman–Crippen MR) is 85.8 cm³/mol. The van der Waals surface area contributed by atoms with E-state index >= 15 is 0 Å². The molecule has 0 heterocycles. The van der Waals surface area contributed by atoms with Crippen molar-refractivity contribution in [3.63, 3.8) is 0 Å². The van der Waals surface area contributed by atoms with Gasteiger partial charge in [0.2, 0.25) is 0 Å². The lowest BCUT2D eigenvalue weighted by molar-refractivity contribution is 0.191. The highest BCUT2D eigenvalue weighted by atomic mass is 35.5. The Kier molecular flexibility index (Phi) is 6.79. The van der Waals surface area contributed by atoms with E-state index in [1.807, 2.05) is 25.1 Å². The third-order valence-corrected chi connectivity index (χ3v) is 3.04. The van der Waals surface area contributed by atoms with E-state index < -0.39 is 0 Å². The van der Waals surface area contributed by atoms with Crippen LogP contribution < -0.4 is 10.1 Å². The summed E-state index contributed by atoms with van der Waals surface area (Å²) < 4.78 is 5.70. The van der Waals surface area contributed by atoms with Gasteiger partial charge >= 0.3 is 0 Å². The van der Waals surface area contributed by atoms with Crippen LogP contribution in [-0.4, -0.2) is 24.4 Å². The van der Waals surface area contributed by atoms with Gasteiger partial charge in [0, 0.05) is 18.7 Å². The molecule has 110 valence electrons. The van der Waals surface area contributed by atoms with Gasteiger partial charge in [0.15, 0.2) is 0 Å². The molecule has 3 nitrogen and oxygen atoms in total. The Morgan fingerprint density at radius 3 is 2.65 bits per heavy atom. The molecule has 0 spiro atoms. The van der Waals surface area contributed by atoms with Gasteiger partial charge in [-0.2, -0.15) is 0 Å². The minimum Gasteiger partial charge on any atom is -0.494 e. The summed E-state index contributed by atoms with van der Waals surface area (Å²) in [5.74, 6) is 0.916. The minimum absolute atomic E-state index is 0. The van der Waals surface area contributed by atoms with Crippen LogP contribution in [0.4, 0.5) is 0 Å². The van der Waals surface area contributed by atoms with E-state index in [1.165, 1.54) is 10.8 Å². The molecule has 0 saturated heterocycles. The number of hydrogen-bond donors (Lipinski definition) is 2. The number of hydrogen-bond acceptors (Lipinski definition) is 3. The Morgan fingerprint density at radius 1 is 1.20 bits per heavy atom. The summed E-state index contributed by atoms with van der Waals surface area (Å²) in [4.78, 5) is 0. The molecule has 1 unspecified atom stereocenters. The van der Waals surface area contributed by atoms with Crippen LogP contribution in [0.15, 0.2) is 36.4 Å². The van der Waals surface area contributed by atoms with Crippen LogP contribution in [0.2, 0.25) is 0 Å². The van der Waals surface area contributed by atoms with Crippen molar-refractivity contribution < 1.29 is 9.84 Å². The van der Waals surface area contributed by atoms with Crippen LogP contribution in [0.5, 0.6) is 5.75 Å². The second-order valence-electron chi connectivity index (χ2n) is 4.68. The zero-order valence-corrected chi connectivity index (χ0v) is 12.7. The van der Waals surface area contributed by atoms with E-state index in [4.69, 9.17) is 4.74 Å². The third-order valence-electron chi connectivity index (χ3n) is 3.04. The van der Waals surface area contributed by atoms with Gasteiger partial charge < -0.3 is 15.2 Å². The molecule has 0 radical (unpaired) electrons. The monoisotopic (exact) mass is 295 g/mol. The van der Waals surface area contributed by atoms with Gasteiger partial charge in [-0.15, -0.1) is 12.4 Å². The standard InChI is InChI=1S/C16H21NO2.ClH/c1-3-19-16-9-8-13-6-4-5-7-14(13)15(16)11-17-10-12(2)18;/h4-9,12,17-18H,3,10-11H2,1-2H3;1H. The number of benzene rings is 2. The minimum atomic E-state index is -0.342. The van der Waals surface area contributed by atoms with E-state index in [1.54, 1.807) is 6.92 Å². The highest BCUT2D eigenvalue weighted by molar-refractivity contribution is 5.87. The molecule has 2 aromatic rings. The maximum atomic E-state index is 9.32. The summed E-state index contributed by atoms with van der Waals surface area (Å²) in [7, 11) is 0. The van der Waals surface area contributed by atoms with Crippen LogP contribution in [0.1, 0.15) is 19.4 Å². The molecule has 2 N–H and O–H groups in total. The number of aliphatic hydroxyl groups is 1. The van der Waals surface area contributed by atoms with Crippen molar-refractivity contribution >= 4 is 23.2 Å². The lowest BCUT2D eigenvalue weighted by atomic mass is 10.0. The highest BCUT2D eigenvalue weighted by Crippen LogP contribution is 2.28. The molecule has 0 aromatic heterocycles. The fourth-order valence-electron chi connectivity index (χ4n) is 2.20. The number of nitrogens with one attached hydrogen (secondary N) is 1. The van der Waals surface area contributed by atoms with E-state index in [-0.39, 0.29) is 18.5 Å². The molecule has 0 aliphatic rings. The first kappa shape index (κ1) is 16.8. The topological polar surface area (TPSA) is 41.5 Å². The van der Waals surface area contributed by atoms with Gasteiger partial charge in [-0.3, -0.25) is 0 Å². The molecule has 0 aliphatic heterocycles. The van der Waals surface area contributed by atoms with Crippen LogP contribution in [-0.2, 0) is 6.54 Å².